The number of alkyl halides is 10. The highest BCUT2D eigenvalue weighted by molar-refractivity contribution is 9.10. The Hall–Kier alpha value is -7.30. The first-order valence-electron chi connectivity index (χ1n) is 23.8. The van der Waals surface area contributed by atoms with Gasteiger partial charge in [0.15, 0.2) is 23.5 Å². The van der Waals surface area contributed by atoms with Crippen molar-refractivity contribution in [2.24, 2.45) is 29.2 Å². The van der Waals surface area contributed by atoms with Crippen LogP contribution in [0.25, 0.3) is 11.1 Å². The van der Waals surface area contributed by atoms with E-state index in [0.29, 0.717) is 34.9 Å². The first-order valence-corrected chi connectivity index (χ1v) is 24.7. The molecule has 0 aliphatic carbocycles. The number of primary amides is 1. The second kappa shape index (κ2) is 30.9. The van der Waals surface area contributed by atoms with Gasteiger partial charge in [0.2, 0.25) is 0 Å². The molecule has 4 heterocycles. The lowest BCUT2D eigenvalue weighted by molar-refractivity contribution is -0.150. The van der Waals surface area contributed by atoms with Gasteiger partial charge in [0, 0.05) is 36.4 Å². The van der Waals surface area contributed by atoms with Gasteiger partial charge in [-0.25, -0.2) is 22.8 Å². The quantitative estimate of drug-likeness (QED) is 0.0427. The number of aromatic amines is 1. The molecule has 0 saturated carbocycles. The summed E-state index contributed by atoms with van der Waals surface area (Å²) in [5.41, 5.74) is 10.2. The number of hydrogen-bond donors (Lipinski definition) is 4. The molecule has 0 aliphatic heterocycles. The van der Waals surface area contributed by atoms with Crippen molar-refractivity contribution in [1.82, 2.24) is 34.7 Å². The summed E-state index contributed by atoms with van der Waals surface area (Å²) < 4.78 is 161. The third kappa shape index (κ3) is 21.7. The lowest BCUT2D eigenvalue weighted by Gasteiger charge is -2.19. The number of carboxylic acid groups (broad SMARTS) is 1. The summed E-state index contributed by atoms with van der Waals surface area (Å²) >= 11 is 3.23. The van der Waals surface area contributed by atoms with Gasteiger partial charge in [-0.2, -0.15) is 54.8 Å². The van der Waals surface area contributed by atoms with Crippen LogP contribution < -0.4 is 11.5 Å². The lowest BCUT2D eigenvalue weighted by atomic mass is 9.95. The van der Waals surface area contributed by atoms with Crippen LogP contribution in [0.2, 0.25) is 0 Å². The monoisotopic (exact) mass is 1220 g/mol. The number of aromatic nitrogens is 7. The zero-order valence-corrected chi connectivity index (χ0v) is 45.6. The van der Waals surface area contributed by atoms with Crippen LogP contribution in [-0.2, 0) is 48.8 Å². The predicted octanol–water partition coefficient (Wildman–Crippen LogP) is 11.8. The molecule has 80 heavy (non-hydrogen) atoms. The topological polar surface area (TPSA) is 236 Å². The molecule has 0 spiro atoms. The normalized spacial score (nSPS) is 13.0. The second-order valence-electron chi connectivity index (χ2n) is 17.8. The van der Waals surface area contributed by atoms with Crippen molar-refractivity contribution in [1.29, 1.82) is 0 Å². The van der Waals surface area contributed by atoms with Crippen molar-refractivity contribution in [3.8, 4) is 11.1 Å². The SMILES string of the molecule is CC(C)C(C(=O)O)n1ccc(C(F)(F)F)n1.CCOC(=O)C(Br)C(C)C.CCOC(=O)C(C(C)C)n1ccc(C(F)(F)F)n1.FC(F)(F)c1ccn[nH]1.NC(=O)c1cc(-c2cccnc2[C@@H](N)Cc2cc(F)cc(F)c2)ccc1F. The summed E-state index contributed by atoms with van der Waals surface area (Å²) in [7, 11) is 0. The number of pyridine rings is 1. The van der Waals surface area contributed by atoms with E-state index in [2.05, 4.69) is 36.2 Å². The third-order valence-electron chi connectivity index (χ3n) is 10.4. The molecule has 4 aromatic heterocycles. The van der Waals surface area contributed by atoms with Crippen LogP contribution in [0.1, 0.15) is 112 Å². The van der Waals surface area contributed by atoms with E-state index in [9.17, 15) is 71.9 Å². The number of nitrogens with one attached hydrogen (secondary N) is 1. The number of amides is 1. The molecule has 3 unspecified atom stereocenters. The van der Waals surface area contributed by atoms with Crippen LogP contribution in [0.4, 0.5) is 52.7 Å². The van der Waals surface area contributed by atoms with Crippen molar-refractivity contribution < 1.29 is 86.4 Å². The summed E-state index contributed by atoms with van der Waals surface area (Å²) in [6, 6.07) is 10.4. The Morgan fingerprint density at radius 1 is 0.688 bits per heavy atom. The first-order chi connectivity index (χ1) is 37.0. The maximum absolute atomic E-state index is 13.7. The summed E-state index contributed by atoms with van der Waals surface area (Å²) in [4.78, 5) is 49.0. The standard InChI is InChI=1S/C20H16F3N3O.C11H15F3N2O2.C9H11F3N2O2.C7H13BrO2.C4H3F3N2/c21-13-6-11(7-14(22)10-13)8-18(24)19-15(2-1-5-26-19)12-3-4-17(23)16(9-12)20(25)27;1-4-18-10(17)9(7(2)3)16-6-5-8(15-16)11(12,13)14;1-5(2)7(8(15)16)14-4-3-6(13-14)9(10,11)12;1-4-10-7(9)6(8)5(2)3;5-4(6,7)3-1-2-8-9-3/h1-7,9-10,18H,8,24H2,(H2,25,27);5-7,9H,4H2,1-3H3;3-5,7H,1-2H3,(H,15,16);5-6H,4H2,1-3H3;1-2H,(H,8,9)/t18-;;;;/m0..../s1. The van der Waals surface area contributed by atoms with Crippen molar-refractivity contribution >= 4 is 39.7 Å². The van der Waals surface area contributed by atoms with Crippen molar-refractivity contribution in [2.45, 2.75) is 103 Å². The number of H-pyrrole nitrogens is 1. The average molecular weight is 1220 g/mol. The van der Waals surface area contributed by atoms with Gasteiger partial charge >= 0.3 is 36.4 Å². The maximum atomic E-state index is 13.7. The zero-order chi connectivity index (χ0) is 61.0. The smallest absolute Gasteiger partial charge is 0.435 e. The summed E-state index contributed by atoms with van der Waals surface area (Å²) in [5, 5.41) is 20.4. The number of ether oxygens (including phenoxy) is 2. The molecule has 0 fully saturated rings. The van der Waals surface area contributed by atoms with E-state index in [1.165, 1.54) is 30.5 Å². The van der Waals surface area contributed by atoms with E-state index < -0.39 is 89.0 Å². The minimum atomic E-state index is -4.55. The van der Waals surface area contributed by atoms with E-state index in [-0.39, 0.29) is 41.2 Å². The lowest BCUT2D eigenvalue weighted by Crippen LogP contribution is -2.27. The number of carbonyl (C=O) groups is 4. The minimum Gasteiger partial charge on any atom is -0.480 e. The molecule has 29 heteroatoms. The molecule has 0 saturated heterocycles. The minimum absolute atomic E-state index is 0.141. The van der Waals surface area contributed by atoms with Crippen LogP contribution in [0.3, 0.4) is 0 Å². The molecule has 440 valence electrons. The van der Waals surface area contributed by atoms with Crippen LogP contribution in [-0.4, -0.2) is 81.7 Å². The first kappa shape index (κ1) is 68.8. The molecule has 6 rings (SSSR count). The molecule has 16 nitrogen and oxygen atoms in total. The molecule has 6 N–H and O–H groups in total. The highest BCUT2D eigenvalue weighted by Crippen LogP contribution is 2.32. The van der Waals surface area contributed by atoms with Crippen LogP contribution >= 0.6 is 15.9 Å². The van der Waals surface area contributed by atoms with Gasteiger partial charge < -0.3 is 26.0 Å². The Balaban J connectivity index is 0.000000363. The van der Waals surface area contributed by atoms with Gasteiger partial charge in [0.1, 0.15) is 28.0 Å². The van der Waals surface area contributed by atoms with E-state index in [1.54, 1.807) is 58.8 Å². The van der Waals surface area contributed by atoms with Gasteiger partial charge in [-0.1, -0.05) is 69.6 Å². The number of nitrogens with zero attached hydrogens (tertiary/aromatic N) is 6. The zero-order valence-electron chi connectivity index (χ0n) is 44.0. The van der Waals surface area contributed by atoms with E-state index >= 15 is 0 Å². The molecule has 2 aromatic carbocycles. The maximum Gasteiger partial charge on any atom is 0.435 e. The van der Waals surface area contributed by atoms with Gasteiger partial charge in [0.25, 0.3) is 5.91 Å². The van der Waals surface area contributed by atoms with Crippen LogP contribution in [0.5, 0.6) is 0 Å². The summed E-state index contributed by atoms with van der Waals surface area (Å²) in [6.45, 7) is 14.7. The number of aliphatic carboxylic acids is 1. The van der Waals surface area contributed by atoms with Gasteiger partial charge in [-0.3, -0.25) is 29.0 Å². The summed E-state index contributed by atoms with van der Waals surface area (Å²) in [5.74, 6) is -5.22. The van der Waals surface area contributed by atoms with Gasteiger partial charge in [0.05, 0.1) is 30.5 Å². The molecule has 1 amide bonds. The van der Waals surface area contributed by atoms with Crippen molar-refractivity contribution in [3.05, 3.63) is 143 Å². The van der Waals surface area contributed by atoms with E-state index in [1.807, 2.05) is 13.8 Å². The van der Waals surface area contributed by atoms with Gasteiger partial charge in [-0.05, 0) is 97.7 Å². The Morgan fingerprint density at radius 3 is 1.60 bits per heavy atom. The van der Waals surface area contributed by atoms with E-state index in [4.69, 9.17) is 26.0 Å². The van der Waals surface area contributed by atoms with Crippen LogP contribution in [0, 0.1) is 35.2 Å². The van der Waals surface area contributed by atoms with Gasteiger partial charge in [-0.15, -0.1) is 0 Å². The number of benzene rings is 2. The van der Waals surface area contributed by atoms with Crippen molar-refractivity contribution in [2.75, 3.05) is 13.2 Å². The molecule has 4 atom stereocenters. The number of halogens is 13. The molecular weight excluding hydrogens is 1160 g/mol. The largest absolute Gasteiger partial charge is 0.480 e. The highest BCUT2D eigenvalue weighted by Gasteiger charge is 2.37. The fourth-order valence-electron chi connectivity index (χ4n) is 6.73. The highest BCUT2D eigenvalue weighted by atomic mass is 79.9. The average Bonchev–Trinajstić information content (AvgIpc) is 4.16. The Bertz CT molecular complexity index is 2890. The molecule has 0 radical (unpaired) electrons. The number of rotatable bonds is 15. The fraction of sp³-hybridized carbons (Fsp3) is 0.412. The summed E-state index contributed by atoms with van der Waals surface area (Å²) in [6.07, 6.45) is -8.45. The number of esters is 2. The van der Waals surface area contributed by atoms with Crippen LogP contribution in [0.15, 0.2) is 91.5 Å². The second-order valence-corrected chi connectivity index (χ2v) is 18.8. The fourth-order valence-corrected chi connectivity index (χ4v) is 6.86. The third-order valence-corrected chi connectivity index (χ3v) is 11.9. The molecular formula is C51H58BrF12N9O7. The van der Waals surface area contributed by atoms with E-state index in [0.717, 1.165) is 58.3 Å². The predicted molar refractivity (Wildman–Crippen MR) is 269 cm³/mol. The Kier molecular flexibility index (Phi) is 26.6. The Morgan fingerprint density at radius 2 is 1.20 bits per heavy atom. The number of carbonyl (C=O) groups excluding carboxylic acids is 3. The Labute approximate surface area is 459 Å². The number of carboxylic acids is 1. The number of hydrogen-bond acceptors (Lipinski definition) is 11. The molecule has 0 aliphatic rings. The molecule has 6 aromatic rings. The van der Waals surface area contributed by atoms with Crippen molar-refractivity contribution in [3.63, 3.8) is 0 Å². The molecule has 0 bridgehead atoms. The number of nitrogens with two attached hydrogens (primary N) is 2.